The Morgan fingerprint density at radius 3 is 2.93 bits per heavy atom. The Bertz CT molecular complexity index is 737. The average Bonchev–Trinajstić information content (AvgIpc) is 3.13. The molecule has 2 N–H and O–H groups in total. The third kappa shape index (κ3) is 5.90. The number of rotatable bonds is 9. The Kier molecular flexibility index (Phi) is 8.05. The number of aliphatic imine (C=N–C) groups is 1. The summed E-state index contributed by atoms with van der Waals surface area (Å²) in [7, 11) is 1.77. The normalized spacial score (nSPS) is 16.6. The SMILES string of the molecule is CCNC(=NCCc1nnc2ccccn12)NC1CCN(CCCOC)CC1. The van der Waals surface area contributed by atoms with Crippen LogP contribution in [0.4, 0.5) is 0 Å². The lowest BCUT2D eigenvalue weighted by Gasteiger charge is -2.33. The molecular weight excluding hydrogens is 354 g/mol. The number of hydrogen-bond acceptors (Lipinski definition) is 5. The average molecular weight is 388 g/mol. The second-order valence-corrected chi connectivity index (χ2v) is 7.16. The first-order valence-electron chi connectivity index (χ1n) is 10.3. The highest BCUT2D eigenvalue weighted by atomic mass is 16.5. The van der Waals surface area contributed by atoms with Crippen LogP contribution in [0.25, 0.3) is 5.65 Å². The van der Waals surface area contributed by atoms with Gasteiger partial charge in [0, 0.05) is 65.1 Å². The van der Waals surface area contributed by atoms with E-state index in [2.05, 4.69) is 32.7 Å². The van der Waals surface area contributed by atoms with Gasteiger partial charge in [0.15, 0.2) is 11.6 Å². The highest BCUT2D eigenvalue weighted by Gasteiger charge is 2.19. The maximum Gasteiger partial charge on any atom is 0.191 e. The van der Waals surface area contributed by atoms with E-state index in [1.807, 2.05) is 28.8 Å². The van der Waals surface area contributed by atoms with Crippen LogP contribution >= 0.6 is 0 Å². The van der Waals surface area contributed by atoms with Crippen LogP contribution in [0.3, 0.4) is 0 Å². The van der Waals surface area contributed by atoms with Crippen molar-refractivity contribution >= 4 is 11.6 Å². The first-order valence-corrected chi connectivity index (χ1v) is 10.3. The third-order valence-corrected chi connectivity index (χ3v) is 5.09. The number of fused-ring (bicyclic) bond motifs is 1. The minimum Gasteiger partial charge on any atom is -0.385 e. The van der Waals surface area contributed by atoms with Crippen LogP contribution in [-0.2, 0) is 11.2 Å². The molecule has 0 saturated carbocycles. The first kappa shape index (κ1) is 20.5. The fourth-order valence-electron chi connectivity index (χ4n) is 3.58. The van der Waals surface area contributed by atoms with Crippen LogP contribution in [0, 0.1) is 0 Å². The zero-order valence-electron chi connectivity index (χ0n) is 17.1. The molecule has 2 aromatic heterocycles. The monoisotopic (exact) mass is 387 g/mol. The number of aromatic nitrogens is 3. The molecule has 8 nitrogen and oxygen atoms in total. The summed E-state index contributed by atoms with van der Waals surface area (Å²) in [5, 5.41) is 15.5. The van der Waals surface area contributed by atoms with Gasteiger partial charge in [0.05, 0.1) is 0 Å². The molecule has 0 amide bonds. The molecule has 0 radical (unpaired) electrons. The predicted octanol–water partition coefficient (Wildman–Crippen LogP) is 1.33. The molecule has 3 rings (SSSR count). The lowest BCUT2D eigenvalue weighted by atomic mass is 10.1. The first-order chi connectivity index (χ1) is 13.8. The van der Waals surface area contributed by atoms with Crippen molar-refractivity contribution in [3.63, 3.8) is 0 Å². The standard InChI is InChI=1S/C20H33N7O/c1-3-21-20(23-17-9-14-26(15-10-17)12-6-16-28-2)22-11-8-19-25-24-18-7-4-5-13-27(18)19/h4-5,7,13,17H,3,6,8-12,14-16H2,1-2H3,(H2,21,22,23). The van der Waals surface area contributed by atoms with Gasteiger partial charge in [-0.15, -0.1) is 10.2 Å². The third-order valence-electron chi connectivity index (χ3n) is 5.09. The fraction of sp³-hybridized carbons (Fsp3) is 0.650. The number of nitrogens with one attached hydrogen (secondary N) is 2. The molecule has 0 unspecified atom stereocenters. The van der Waals surface area contributed by atoms with Crippen molar-refractivity contribution < 1.29 is 4.74 Å². The topological polar surface area (TPSA) is 79.1 Å². The highest BCUT2D eigenvalue weighted by Crippen LogP contribution is 2.10. The van der Waals surface area contributed by atoms with Gasteiger partial charge in [0.25, 0.3) is 0 Å². The van der Waals surface area contributed by atoms with Crippen LogP contribution in [0.2, 0.25) is 0 Å². The lowest BCUT2D eigenvalue weighted by molar-refractivity contribution is 0.155. The van der Waals surface area contributed by atoms with Crippen LogP contribution in [-0.4, -0.2) is 77.9 Å². The molecule has 3 heterocycles. The van der Waals surface area contributed by atoms with E-state index in [0.29, 0.717) is 12.6 Å². The Balaban J connectivity index is 1.47. The molecule has 1 aliphatic heterocycles. The number of nitrogens with zero attached hydrogens (tertiary/aromatic N) is 5. The van der Waals surface area contributed by atoms with Gasteiger partial charge < -0.3 is 20.3 Å². The molecule has 0 bridgehead atoms. The number of ether oxygens (including phenoxy) is 1. The van der Waals surface area contributed by atoms with E-state index in [1.54, 1.807) is 7.11 Å². The smallest absolute Gasteiger partial charge is 0.191 e. The minimum absolute atomic E-state index is 0.477. The summed E-state index contributed by atoms with van der Waals surface area (Å²) in [6.45, 7) is 7.87. The van der Waals surface area contributed by atoms with Crippen molar-refractivity contribution in [3.8, 4) is 0 Å². The molecule has 0 aromatic carbocycles. The maximum absolute atomic E-state index is 5.15. The molecule has 0 spiro atoms. The summed E-state index contributed by atoms with van der Waals surface area (Å²) in [6.07, 6.45) is 6.16. The van der Waals surface area contributed by atoms with Gasteiger partial charge in [0.2, 0.25) is 0 Å². The van der Waals surface area contributed by atoms with Crippen molar-refractivity contribution in [3.05, 3.63) is 30.2 Å². The maximum atomic E-state index is 5.15. The minimum atomic E-state index is 0.477. The number of guanidine groups is 1. The summed E-state index contributed by atoms with van der Waals surface area (Å²) in [6, 6.07) is 6.41. The number of pyridine rings is 1. The summed E-state index contributed by atoms with van der Waals surface area (Å²) in [5.74, 6) is 1.84. The van der Waals surface area contributed by atoms with E-state index in [9.17, 15) is 0 Å². The zero-order chi connectivity index (χ0) is 19.6. The molecule has 1 fully saturated rings. The molecule has 0 atom stereocenters. The fourth-order valence-corrected chi connectivity index (χ4v) is 3.58. The molecule has 0 aliphatic carbocycles. The molecule has 28 heavy (non-hydrogen) atoms. The Morgan fingerprint density at radius 2 is 2.14 bits per heavy atom. The van der Waals surface area contributed by atoms with E-state index in [4.69, 9.17) is 9.73 Å². The van der Waals surface area contributed by atoms with Crippen LogP contribution in [0.15, 0.2) is 29.4 Å². The van der Waals surface area contributed by atoms with Crippen molar-refractivity contribution in [2.24, 2.45) is 4.99 Å². The van der Waals surface area contributed by atoms with E-state index in [1.165, 1.54) is 0 Å². The molecule has 154 valence electrons. The number of likely N-dealkylation sites (tertiary alicyclic amines) is 1. The molecular formula is C20H33N7O. The molecule has 2 aromatic rings. The largest absolute Gasteiger partial charge is 0.385 e. The van der Waals surface area contributed by atoms with Gasteiger partial charge in [-0.3, -0.25) is 9.39 Å². The van der Waals surface area contributed by atoms with Gasteiger partial charge >= 0.3 is 0 Å². The van der Waals surface area contributed by atoms with Gasteiger partial charge in [-0.25, -0.2) is 0 Å². The summed E-state index contributed by atoms with van der Waals surface area (Å²) in [5.41, 5.74) is 0.878. The molecule has 1 saturated heterocycles. The number of methoxy groups -OCH3 is 1. The molecule has 8 heteroatoms. The van der Waals surface area contributed by atoms with Crippen molar-refractivity contribution in [1.82, 2.24) is 30.1 Å². The molecule has 1 aliphatic rings. The quantitative estimate of drug-likeness (QED) is 0.384. The predicted molar refractivity (Wildman–Crippen MR) is 112 cm³/mol. The van der Waals surface area contributed by atoms with Gasteiger partial charge in [-0.05, 0) is 38.3 Å². The Hall–Kier alpha value is -2.19. The lowest BCUT2D eigenvalue weighted by Crippen LogP contribution is -2.49. The van der Waals surface area contributed by atoms with Gasteiger partial charge in [-0.1, -0.05) is 6.07 Å². The highest BCUT2D eigenvalue weighted by molar-refractivity contribution is 5.80. The zero-order valence-corrected chi connectivity index (χ0v) is 17.1. The van der Waals surface area contributed by atoms with E-state index >= 15 is 0 Å². The van der Waals surface area contributed by atoms with Crippen LogP contribution in [0.5, 0.6) is 0 Å². The Labute approximate surface area is 167 Å². The van der Waals surface area contributed by atoms with E-state index < -0.39 is 0 Å². The number of hydrogen-bond donors (Lipinski definition) is 2. The van der Waals surface area contributed by atoms with Gasteiger partial charge in [-0.2, -0.15) is 0 Å². The summed E-state index contributed by atoms with van der Waals surface area (Å²) < 4.78 is 7.17. The van der Waals surface area contributed by atoms with Crippen molar-refractivity contribution in [2.45, 2.75) is 38.6 Å². The van der Waals surface area contributed by atoms with Gasteiger partial charge in [0.1, 0.15) is 5.82 Å². The van der Waals surface area contributed by atoms with Crippen LogP contribution in [0.1, 0.15) is 32.0 Å². The van der Waals surface area contributed by atoms with Crippen LogP contribution < -0.4 is 10.6 Å². The number of piperidine rings is 1. The van der Waals surface area contributed by atoms with Crippen molar-refractivity contribution in [2.75, 3.05) is 46.4 Å². The summed E-state index contributed by atoms with van der Waals surface area (Å²) >= 11 is 0. The van der Waals surface area contributed by atoms with Crippen molar-refractivity contribution in [1.29, 1.82) is 0 Å². The van der Waals surface area contributed by atoms with E-state index in [-0.39, 0.29) is 0 Å². The summed E-state index contributed by atoms with van der Waals surface area (Å²) in [4.78, 5) is 7.28. The Morgan fingerprint density at radius 1 is 1.29 bits per heavy atom. The second kappa shape index (κ2) is 11.0. The second-order valence-electron chi connectivity index (χ2n) is 7.16. The van der Waals surface area contributed by atoms with E-state index in [0.717, 1.165) is 75.9 Å².